The number of rotatable bonds is 7. The summed E-state index contributed by atoms with van der Waals surface area (Å²) in [4.78, 5) is 21.3. The molecule has 0 aliphatic heterocycles. The minimum atomic E-state index is -5.08. The van der Waals surface area contributed by atoms with Crippen molar-refractivity contribution in [3.63, 3.8) is 0 Å². The first-order chi connectivity index (χ1) is 17.1. The second-order valence-electron chi connectivity index (χ2n) is 7.53. The Morgan fingerprint density at radius 3 is 2.16 bits per heavy atom. The average Bonchev–Trinajstić information content (AvgIpc) is 3.15. The van der Waals surface area contributed by atoms with E-state index in [1.54, 1.807) is 24.3 Å². The average molecular weight is 548 g/mol. The Labute approximate surface area is 207 Å². The first kappa shape index (κ1) is 29.4. The summed E-state index contributed by atoms with van der Waals surface area (Å²) in [7, 11) is -3.32. The number of H-pyrrole nitrogens is 1. The van der Waals surface area contributed by atoms with E-state index in [1.165, 1.54) is 16.7 Å². The minimum absolute atomic E-state index is 0.0976. The highest BCUT2D eigenvalue weighted by molar-refractivity contribution is 7.90. The van der Waals surface area contributed by atoms with Gasteiger partial charge in [0.1, 0.15) is 5.82 Å². The Morgan fingerprint density at radius 1 is 1.11 bits per heavy atom. The van der Waals surface area contributed by atoms with Crippen LogP contribution in [-0.4, -0.2) is 53.2 Å². The number of alkyl halides is 3. The maximum absolute atomic E-state index is 13.0. The number of nitrogens with one attached hydrogen (secondary N) is 1. The molecule has 1 aromatic heterocycles. The molecule has 9 nitrogen and oxygen atoms in total. The zero-order valence-electron chi connectivity index (χ0n) is 19.1. The quantitative estimate of drug-likeness (QED) is 0.385. The second-order valence-corrected chi connectivity index (χ2v) is 9.55. The molecule has 0 saturated heterocycles. The zero-order valence-corrected chi connectivity index (χ0v) is 19.9. The van der Waals surface area contributed by atoms with Crippen LogP contribution in [0.4, 0.5) is 22.0 Å². The molecule has 0 aliphatic rings. The Morgan fingerprint density at radius 2 is 1.68 bits per heavy atom. The summed E-state index contributed by atoms with van der Waals surface area (Å²) in [5.74, 6) is -2.61. The van der Waals surface area contributed by atoms with Gasteiger partial charge in [0.2, 0.25) is 0 Å². The van der Waals surface area contributed by atoms with Crippen LogP contribution in [-0.2, 0) is 27.6 Å². The van der Waals surface area contributed by atoms with Crippen molar-refractivity contribution < 1.29 is 40.3 Å². The smallest absolute Gasteiger partial charge is 0.475 e. The fourth-order valence-electron chi connectivity index (χ4n) is 3.05. The summed E-state index contributed by atoms with van der Waals surface area (Å²) in [6.07, 6.45) is -6.08. The molecule has 15 heteroatoms. The summed E-state index contributed by atoms with van der Waals surface area (Å²) in [5.41, 5.74) is 6.83. The third kappa shape index (κ3) is 8.08. The van der Waals surface area contributed by atoms with Crippen LogP contribution >= 0.6 is 0 Å². The molecule has 37 heavy (non-hydrogen) atoms. The molecule has 0 fully saturated rings. The summed E-state index contributed by atoms with van der Waals surface area (Å²) in [6, 6.07) is 13.6. The van der Waals surface area contributed by atoms with Crippen LogP contribution in [0.15, 0.2) is 69.9 Å². The highest BCUT2D eigenvalue weighted by Gasteiger charge is 2.38. The van der Waals surface area contributed by atoms with Gasteiger partial charge in [-0.3, -0.25) is 4.57 Å². The Hall–Kier alpha value is -3.85. The van der Waals surface area contributed by atoms with E-state index in [4.69, 9.17) is 15.6 Å². The second kappa shape index (κ2) is 11.9. The largest absolute Gasteiger partial charge is 0.490 e. The number of nitrogens with zero attached hydrogens (tertiary/aromatic N) is 2. The number of hydrogen-bond donors (Lipinski definition) is 3. The van der Waals surface area contributed by atoms with Gasteiger partial charge < -0.3 is 10.8 Å². The van der Waals surface area contributed by atoms with Crippen LogP contribution in [0, 0.1) is 0 Å². The number of carboxylic acids is 1. The van der Waals surface area contributed by atoms with E-state index >= 15 is 0 Å². The van der Waals surface area contributed by atoms with Crippen molar-refractivity contribution in [1.29, 1.82) is 0 Å². The van der Waals surface area contributed by atoms with Crippen LogP contribution in [0.3, 0.4) is 0 Å². The number of sulfone groups is 1. The van der Waals surface area contributed by atoms with Gasteiger partial charge in [-0.05, 0) is 28.8 Å². The number of halogens is 5. The van der Waals surface area contributed by atoms with Gasteiger partial charge in [-0.1, -0.05) is 36.4 Å². The maximum Gasteiger partial charge on any atom is 0.490 e. The molecule has 4 N–H and O–H groups in total. The molecular weight excluding hydrogens is 527 g/mol. The topological polar surface area (TPSA) is 148 Å². The summed E-state index contributed by atoms with van der Waals surface area (Å²) < 4.78 is 82.3. The highest BCUT2D eigenvalue weighted by Crippen LogP contribution is 2.26. The van der Waals surface area contributed by atoms with Crippen molar-refractivity contribution in [3.05, 3.63) is 82.1 Å². The lowest BCUT2D eigenvalue weighted by Crippen LogP contribution is -2.21. The number of aliphatic carboxylic acids is 1. The zero-order chi connectivity index (χ0) is 28.0. The first-order valence-electron chi connectivity index (χ1n) is 10.2. The predicted octanol–water partition coefficient (Wildman–Crippen LogP) is 2.98. The van der Waals surface area contributed by atoms with Crippen molar-refractivity contribution in [1.82, 2.24) is 14.8 Å². The van der Waals surface area contributed by atoms with E-state index < -0.39 is 33.8 Å². The van der Waals surface area contributed by atoms with E-state index in [-0.39, 0.29) is 35.8 Å². The van der Waals surface area contributed by atoms with Gasteiger partial charge >= 0.3 is 17.8 Å². The van der Waals surface area contributed by atoms with Gasteiger partial charge in [-0.25, -0.2) is 23.1 Å². The molecule has 0 saturated carbocycles. The molecule has 1 heterocycles. The fourth-order valence-corrected chi connectivity index (χ4v) is 3.68. The lowest BCUT2D eigenvalue weighted by atomic mass is 9.99. The molecule has 0 amide bonds. The number of nitrogens with two attached hydrogens (primary N) is 1. The number of benzene rings is 2. The van der Waals surface area contributed by atoms with E-state index in [9.17, 15) is 35.2 Å². The molecule has 3 aromatic rings. The molecule has 0 bridgehead atoms. The number of hydrogen-bond acceptors (Lipinski definition) is 6. The number of aromatic nitrogens is 3. The van der Waals surface area contributed by atoms with E-state index in [2.05, 4.69) is 10.2 Å². The van der Waals surface area contributed by atoms with Gasteiger partial charge in [0.05, 0.1) is 11.4 Å². The van der Waals surface area contributed by atoms with Gasteiger partial charge in [0, 0.05) is 24.8 Å². The third-order valence-corrected chi connectivity index (χ3v) is 6.03. The maximum atomic E-state index is 13.0. The van der Waals surface area contributed by atoms with E-state index in [0.29, 0.717) is 0 Å². The minimum Gasteiger partial charge on any atom is -0.475 e. The molecule has 0 atom stereocenters. The summed E-state index contributed by atoms with van der Waals surface area (Å²) in [5, 5.41) is 13.3. The van der Waals surface area contributed by atoms with E-state index in [0.717, 1.165) is 22.9 Å². The molecule has 3 rings (SSSR count). The molecule has 2 aromatic carbocycles. The number of carbonyl (C=O) groups is 1. The number of carboxylic acid groups (broad SMARTS) is 1. The van der Waals surface area contributed by atoms with Gasteiger partial charge in [0.15, 0.2) is 9.84 Å². The third-order valence-electron chi connectivity index (χ3n) is 4.90. The van der Waals surface area contributed by atoms with Crippen LogP contribution in [0.2, 0.25) is 0 Å². The van der Waals surface area contributed by atoms with Crippen LogP contribution in [0.1, 0.15) is 11.4 Å². The molecule has 200 valence electrons. The summed E-state index contributed by atoms with van der Waals surface area (Å²) >= 11 is 0. The van der Waals surface area contributed by atoms with Gasteiger partial charge in [-0.15, -0.1) is 0 Å². The molecule has 0 aliphatic carbocycles. The van der Waals surface area contributed by atoms with Crippen molar-refractivity contribution in [2.24, 2.45) is 5.73 Å². The lowest BCUT2D eigenvalue weighted by Gasteiger charge is -2.12. The van der Waals surface area contributed by atoms with Crippen molar-refractivity contribution in [3.8, 4) is 11.1 Å². The van der Waals surface area contributed by atoms with Gasteiger partial charge in [0.25, 0.3) is 6.08 Å². The van der Waals surface area contributed by atoms with Crippen molar-refractivity contribution >= 4 is 15.8 Å². The molecule has 0 spiro atoms. The normalized spacial score (nSPS) is 11.4. The Kier molecular flexibility index (Phi) is 9.47. The molecule has 0 unspecified atom stereocenters. The van der Waals surface area contributed by atoms with E-state index in [1.807, 2.05) is 12.1 Å². The lowest BCUT2D eigenvalue weighted by molar-refractivity contribution is -0.192. The first-order valence-corrected chi connectivity index (χ1v) is 12.1. The standard InChI is InChI=1S/C20H20F2N4O3S.C2HF3O2/c1-30(28,29)16-8-6-13(7-9-16)17-5-3-2-4-14(17)12-26-18(24-25-20(26)27)10-15(11-23)19(21)22;3-2(4,5)1(6)7/h2-9H,10-12,23H2,1H3,(H,25,27);(H,6,7). The van der Waals surface area contributed by atoms with Crippen LogP contribution in [0.25, 0.3) is 11.1 Å². The Balaban J connectivity index is 0.000000604. The molecule has 0 radical (unpaired) electrons. The highest BCUT2D eigenvalue weighted by atomic mass is 32.2. The van der Waals surface area contributed by atoms with Crippen molar-refractivity contribution in [2.75, 3.05) is 12.8 Å². The van der Waals surface area contributed by atoms with Gasteiger partial charge in [-0.2, -0.15) is 27.1 Å². The van der Waals surface area contributed by atoms with Crippen LogP contribution in [0.5, 0.6) is 0 Å². The van der Waals surface area contributed by atoms with Crippen LogP contribution < -0.4 is 11.4 Å². The Bertz CT molecular complexity index is 1440. The summed E-state index contributed by atoms with van der Waals surface area (Å²) in [6.45, 7) is -0.243. The fraction of sp³-hybridized carbons (Fsp3) is 0.227. The van der Waals surface area contributed by atoms with Crippen molar-refractivity contribution in [2.45, 2.75) is 24.0 Å². The SMILES string of the molecule is CS(=O)(=O)c1ccc(-c2ccccc2Cn2c(CC(CN)=C(F)F)n[nH]c2=O)cc1.O=C(O)C(F)(F)F. The number of aromatic amines is 1. The monoisotopic (exact) mass is 548 g/mol. The molecular formula is C22H21F5N4O5S. The predicted molar refractivity (Wildman–Crippen MR) is 123 cm³/mol.